The third-order valence-electron chi connectivity index (χ3n) is 5.25. The number of hydrogen-bond acceptors (Lipinski definition) is 6. The molecule has 0 aliphatic carbocycles. The van der Waals surface area contributed by atoms with Crippen LogP contribution in [0.2, 0.25) is 0 Å². The number of fused-ring (bicyclic) bond motifs is 1. The zero-order valence-corrected chi connectivity index (χ0v) is 16.5. The van der Waals surface area contributed by atoms with Gasteiger partial charge in [-0.1, -0.05) is 30.3 Å². The van der Waals surface area contributed by atoms with Crippen molar-refractivity contribution in [3.05, 3.63) is 53.2 Å². The molecule has 1 aromatic carbocycles. The van der Waals surface area contributed by atoms with Gasteiger partial charge in [-0.15, -0.1) is 0 Å². The highest BCUT2D eigenvalue weighted by Crippen LogP contribution is 2.31. The Bertz CT molecular complexity index is 1020. The van der Waals surface area contributed by atoms with Crippen molar-refractivity contribution in [1.29, 1.82) is 0 Å². The van der Waals surface area contributed by atoms with Crippen LogP contribution in [0.3, 0.4) is 0 Å². The van der Waals surface area contributed by atoms with Crippen LogP contribution in [0.5, 0.6) is 0 Å². The predicted molar refractivity (Wildman–Crippen MR) is 110 cm³/mol. The van der Waals surface area contributed by atoms with E-state index in [0.29, 0.717) is 24.1 Å². The number of aromatic nitrogens is 3. The Morgan fingerprint density at radius 3 is 2.66 bits per heavy atom. The molecule has 1 aliphatic rings. The number of nitrogens with two attached hydrogens (primary N) is 1. The molecule has 1 fully saturated rings. The minimum Gasteiger partial charge on any atom is -0.383 e. The van der Waals surface area contributed by atoms with E-state index in [1.807, 2.05) is 50.2 Å². The Hall–Kier alpha value is -2.87. The van der Waals surface area contributed by atoms with E-state index in [0.717, 1.165) is 16.8 Å². The lowest BCUT2D eigenvalue weighted by Gasteiger charge is -2.38. The summed E-state index contributed by atoms with van der Waals surface area (Å²) in [4.78, 5) is 14.7. The van der Waals surface area contributed by atoms with E-state index >= 15 is 0 Å². The summed E-state index contributed by atoms with van der Waals surface area (Å²) in [5.74, 6) is -2.59. The summed E-state index contributed by atoms with van der Waals surface area (Å²) in [6, 6.07) is 10.5. The molecule has 2 aromatic heterocycles. The van der Waals surface area contributed by atoms with E-state index in [1.165, 1.54) is 0 Å². The molecule has 152 valence electrons. The van der Waals surface area contributed by atoms with Gasteiger partial charge in [0.25, 0.3) is 5.92 Å². The number of hydrogen-bond donors (Lipinski definition) is 2. The van der Waals surface area contributed by atoms with E-state index in [-0.39, 0.29) is 24.7 Å². The quantitative estimate of drug-likeness (QED) is 0.700. The van der Waals surface area contributed by atoms with E-state index in [2.05, 4.69) is 20.3 Å². The van der Waals surface area contributed by atoms with Gasteiger partial charge in [-0.3, -0.25) is 4.90 Å². The monoisotopic (exact) mass is 398 g/mol. The van der Waals surface area contributed by atoms with Gasteiger partial charge in [0.1, 0.15) is 5.82 Å². The van der Waals surface area contributed by atoms with Crippen molar-refractivity contribution in [2.75, 3.05) is 24.1 Å². The van der Waals surface area contributed by atoms with Crippen molar-refractivity contribution in [2.24, 2.45) is 0 Å². The molecular weight excluding hydrogens is 374 g/mol. The van der Waals surface area contributed by atoms with Crippen LogP contribution < -0.4 is 11.1 Å². The van der Waals surface area contributed by atoms with Gasteiger partial charge in [-0.05, 0) is 37.5 Å². The summed E-state index contributed by atoms with van der Waals surface area (Å²) >= 11 is 0. The summed E-state index contributed by atoms with van der Waals surface area (Å²) in [6.45, 7) is 4.50. The second-order valence-corrected chi connectivity index (χ2v) is 7.65. The minimum absolute atomic E-state index is 0.0914. The Morgan fingerprint density at radius 2 is 1.93 bits per heavy atom. The smallest absolute Gasteiger partial charge is 0.280 e. The van der Waals surface area contributed by atoms with Gasteiger partial charge in [0.15, 0.2) is 5.65 Å². The van der Waals surface area contributed by atoms with E-state index < -0.39 is 12.0 Å². The van der Waals surface area contributed by atoms with Gasteiger partial charge in [0.05, 0.1) is 18.0 Å². The Labute approximate surface area is 168 Å². The molecule has 3 N–H and O–H groups in total. The first kappa shape index (κ1) is 19.4. The normalized spacial score (nSPS) is 19.4. The molecule has 8 heteroatoms. The Balaban J connectivity index is 1.51. The molecule has 3 aromatic rings. The number of benzene rings is 1. The van der Waals surface area contributed by atoms with Crippen LogP contribution in [0.1, 0.15) is 23.2 Å². The van der Waals surface area contributed by atoms with Crippen molar-refractivity contribution in [3.63, 3.8) is 0 Å². The number of nitrogens with zero attached hydrogens (tertiary/aromatic N) is 4. The third-order valence-corrected chi connectivity index (χ3v) is 5.25. The SMILES string of the molecule is Cc1cc(C)c2c(N)nc(NC3CCN(Cc4ccccc4)CC3(F)F)nc2n1. The van der Waals surface area contributed by atoms with Crippen molar-refractivity contribution in [2.45, 2.75) is 38.8 Å². The Kier molecular flexibility index (Phi) is 5.04. The lowest BCUT2D eigenvalue weighted by molar-refractivity contribution is -0.0760. The highest BCUT2D eigenvalue weighted by Gasteiger charge is 2.45. The number of likely N-dealkylation sites (tertiary alicyclic amines) is 1. The molecule has 1 saturated heterocycles. The van der Waals surface area contributed by atoms with Gasteiger partial charge in [0.2, 0.25) is 5.95 Å². The fraction of sp³-hybridized carbons (Fsp3) is 0.381. The maximum Gasteiger partial charge on any atom is 0.280 e. The van der Waals surface area contributed by atoms with Crippen molar-refractivity contribution >= 4 is 22.8 Å². The summed E-state index contributed by atoms with van der Waals surface area (Å²) in [5, 5.41) is 3.47. The van der Waals surface area contributed by atoms with Crippen LogP contribution in [-0.2, 0) is 6.54 Å². The van der Waals surface area contributed by atoms with E-state index in [1.54, 1.807) is 4.90 Å². The maximum atomic E-state index is 14.8. The molecule has 29 heavy (non-hydrogen) atoms. The number of rotatable bonds is 4. The maximum absolute atomic E-state index is 14.8. The number of pyridine rings is 1. The summed E-state index contributed by atoms with van der Waals surface area (Å²) < 4.78 is 29.7. The molecule has 1 unspecified atom stereocenters. The molecule has 0 amide bonds. The van der Waals surface area contributed by atoms with E-state index in [9.17, 15) is 8.78 Å². The molecule has 1 atom stereocenters. The van der Waals surface area contributed by atoms with E-state index in [4.69, 9.17) is 5.73 Å². The summed E-state index contributed by atoms with van der Waals surface area (Å²) in [6.07, 6.45) is 0.279. The number of nitrogens with one attached hydrogen (secondary N) is 1. The molecule has 0 saturated carbocycles. The average molecular weight is 398 g/mol. The van der Waals surface area contributed by atoms with Gasteiger partial charge in [-0.25, -0.2) is 13.8 Å². The number of aryl methyl sites for hydroxylation is 2. The van der Waals surface area contributed by atoms with Crippen LogP contribution in [0.4, 0.5) is 20.5 Å². The van der Waals surface area contributed by atoms with Crippen LogP contribution >= 0.6 is 0 Å². The first-order valence-corrected chi connectivity index (χ1v) is 9.64. The van der Waals surface area contributed by atoms with Gasteiger partial charge < -0.3 is 11.1 Å². The zero-order valence-electron chi connectivity index (χ0n) is 16.5. The number of nitrogen functional groups attached to an aromatic ring is 1. The molecule has 0 spiro atoms. The van der Waals surface area contributed by atoms with Crippen molar-refractivity contribution < 1.29 is 8.78 Å². The summed E-state index contributed by atoms with van der Waals surface area (Å²) in [7, 11) is 0. The molecule has 0 bridgehead atoms. The van der Waals surface area contributed by atoms with Gasteiger partial charge in [0, 0.05) is 18.8 Å². The molecule has 4 rings (SSSR count). The van der Waals surface area contributed by atoms with Crippen molar-refractivity contribution in [3.8, 4) is 0 Å². The average Bonchev–Trinajstić information content (AvgIpc) is 2.63. The van der Waals surface area contributed by atoms with Crippen LogP contribution in [0.25, 0.3) is 11.0 Å². The largest absolute Gasteiger partial charge is 0.383 e. The minimum atomic E-state index is -2.92. The highest BCUT2D eigenvalue weighted by molar-refractivity contribution is 5.89. The first-order chi connectivity index (χ1) is 13.8. The molecule has 3 heterocycles. The Morgan fingerprint density at radius 1 is 1.17 bits per heavy atom. The fourth-order valence-electron chi connectivity index (χ4n) is 3.89. The van der Waals surface area contributed by atoms with Crippen molar-refractivity contribution in [1.82, 2.24) is 19.9 Å². The number of piperidine rings is 1. The second-order valence-electron chi connectivity index (χ2n) is 7.65. The first-order valence-electron chi connectivity index (χ1n) is 9.64. The third kappa shape index (κ3) is 4.12. The summed E-state index contributed by atoms with van der Waals surface area (Å²) in [5.41, 5.74) is 9.21. The molecular formula is C21H24F2N6. The second kappa shape index (κ2) is 7.51. The highest BCUT2D eigenvalue weighted by atomic mass is 19.3. The number of halogens is 2. The fourth-order valence-corrected chi connectivity index (χ4v) is 3.89. The standard InChI is InChI=1S/C21H24F2N6/c1-13-10-14(2)25-19-17(13)18(24)27-20(28-19)26-16-8-9-29(12-21(16,22)23)11-15-6-4-3-5-7-15/h3-7,10,16H,8-9,11-12H2,1-2H3,(H3,24,25,26,27,28). The molecule has 0 radical (unpaired) electrons. The lowest BCUT2D eigenvalue weighted by Crippen LogP contribution is -2.54. The topological polar surface area (TPSA) is 80.0 Å². The van der Waals surface area contributed by atoms with Gasteiger partial charge >= 0.3 is 0 Å². The van der Waals surface area contributed by atoms with Crippen LogP contribution in [0, 0.1) is 13.8 Å². The van der Waals surface area contributed by atoms with Crippen LogP contribution in [-0.4, -0.2) is 44.9 Å². The molecule has 1 aliphatic heterocycles. The number of alkyl halides is 2. The molecule has 6 nitrogen and oxygen atoms in total. The van der Waals surface area contributed by atoms with Gasteiger partial charge in [-0.2, -0.15) is 9.97 Å². The van der Waals surface area contributed by atoms with Crippen LogP contribution in [0.15, 0.2) is 36.4 Å². The lowest BCUT2D eigenvalue weighted by atomic mass is 10.00. The zero-order chi connectivity index (χ0) is 20.6. The number of anilines is 2. The predicted octanol–water partition coefficient (Wildman–Crippen LogP) is 3.55.